The van der Waals surface area contributed by atoms with Gasteiger partial charge in [0.15, 0.2) is 5.79 Å². The molecule has 8 atom stereocenters. The molecule has 11 nitrogen and oxygen atoms in total. The van der Waals surface area contributed by atoms with Gasteiger partial charge in [-0.3, -0.25) is 4.79 Å². The highest BCUT2D eigenvalue weighted by atomic mass is 32.1. The third-order valence-electron chi connectivity index (χ3n) is 7.77. The molecule has 2 saturated heterocycles. The lowest BCUT2D eigenvalue weighted by atomic mass is 9.74. The van der Waals surface area contributed by atoms with E-state index in [0.29, 0.717) is 12.0 Å². The van der Waals surface area contributed by atoms with E-state index in [1.165, 1.54) is 17.8 Å². The second-order valence-corrected chi connectivity index (χ2v) is 11.0. The van der Waals surface area contributed by atoms with Gasteiger partial charge in [0.05, 0.1) is 11.2 Å². The molecule has 2 aliphatic rings. The second kappa shape index (κ2) is 10.5. The molecule has 39 heavy (non-hydrogen) atoms. The molecule has 0 spiro atoms. The number of ether oxygens (including phenoxy) is 2. The van der Waals surface area contributed by atoms with E-state index in [1.54, 1.807) is 0 Å². The fourth-order valence-corrected chi connectivity index (χ4v) is 6.47. The van der Waals surface area contributed by atoms with Gasteiger partial charge in [0, 0.05) is 17.7 Å². The minimum Gasteiger partial charge on any atom is -0.479 e. The molecule has 2 aliphatic heterocycles. The van der Waals surface area contributed by atoms with Crippen LogP contribution in [0.15, 0.2) is 53.4 Å². The Morgan fingerprint density at radius 1 is 1.13 bits per heavy atom. The van der Waals surface area contributed by atoms with Gasteiger partial charge in [0.25, 0.3) is 0 Å². The van der Waals surface area contributed by atoms with E-state index in [4.69, 9.17) is 9.47 Å². The zero-order valence-electron chi connectivity index (χ0n) is 21.4. The van der Waals surface area contributed by atoms with Gasteiger partial charge in [-0.05, 0) is 31.2 Å². The van der Waals surface area contributed by atoms with E-state index >= 15 is 0 Å². The quantitative estimate of drug-likeness (QED) is 0.252. The maximum absolute atomic E-state index is 12.7. The molecule has 2 aromatic rings. The average molecular weight is 562 g/mol. The predicted molar refractivity (Wildman–Crippen MR) is 137 cm³/mol. The maximum atomic E-state index is 12.7. The van der Waals surface area contributed by atoms with Gasteiger partial charge in [0.1, 0.15) is 24.1 Å². The summed E-state index contributed by atoms with van der Waals surface area (Å²) in [7, 11) is 0. The van der Waals surface area contributed by atoms with Crippen LogP contribution in [0.3, 0.4) is 0 Å². The molecule has 2 fully saturated rings. The average Bonchev–Trinajstić information content (AvgIpc) is 3.48. The minimum absolute atomic E-state index is 0.00184. The van der Waals surface area contributed by atoms with E-state index < -0.39 is 53.2 Å². The standard InChI is InChI=1S/C27H31NO10S/c1-14(19(16(3)29)15(2)11-17-7-5-4-6-8-17)9-10-25-20(30)21(31)27(38-25,24(34)35)26(36,23(32)33)22(37-25)18-12-39-13-28-18/h4-8,12-13,15,19-22,30-31,36H,1,9-11H2,2-3H3,(H,32,33)(H,34,35)/t15-,19-,20-,21-,22-,25+,26-,27+/m1/s1. The van der Waals surface area contributed by atoms with Crippen LogP contribution in [0.4, 0.5) is 0 Å². The third-order valence-corrected chi connectivity index (χ3v) is 8.37. The van der Waals surface area contributed by atoms with E-state index in [-0.39, 0.29) is 30.2 Å². The number of benzene rings is 1. The Morgan fingerprint density at radius 3 is 2.33 bits per heavy atom. The highest BCUT2D eigenvalue weighted by Gasteiger charge is 2.83. The second-order valence-electron chi connectivity index (χ2n) is 10.2. The van der Waals surface area contributed by atoms with Gasteiger partial charge in [-0.1, -0.05) is 49.4 Å². The van der Waals surface area contributed by atoms with Crippen molar-refractivity contribution < 1.29 is 49.4 Å². The Bertz CT molecular complexity index is 1250. The molecular formula is C27H31NO10S. The Labute approximate surface area is 228 Å². The Morgan fingerprint density at radius 2 is 1.79 bits per heavy atom. The smallest absolute Gasteiger partial charge is 0.342 e. The summed E-state index contributed by atoms with van der Waals surface area (Å²) < 4.78 is 11.5. The highest BCUT2D eigenvalue weighted by Crippen LogP contribution is 2.58. The van der Waals surface area contributed by atoms with Crippen LogP contribution >= 0.6 is 11.3 Å². The van der Waals surface area contributed by atoms with Crippen molar-refractivity contribution in [3.8, 4) is 0 Å². The Kier molecular flexibility index (Phi) is 7.83. The fourth-order valence-electron chi connectivity index (χ4n) is 5.90. The lowest BCUT2D eigenvalue weighted by Gasteiger charge is -2.49. The number of thiazole rings is 1. The number of rotatable bonds is 11. The number of carboxylic acids is 2. The van der Waals surface area contributed by atoms with E-state index in [2.05, 4.69) is 11.6 Å². The number of carboxylic acid groups (broad SMARTS) is 2. The van der Waals surface area contributed by atoms with Crippen molar-refractivity contribution in [1.29, 1.82) is 0 Å². The zero-order valence-corrected chi connectivity index (χ0v) is 22.2. The van der Waals surface area contributed by atoms with Crippen LogP contribution < -0.4 is 0 Å². The monoisotopic (exact) mass is 561 g/mol. The Balaban J connectivity index is 1.66. The van der Waals surface area contributed by atoms with Crippen molar-refractivity contribution in [2.45, 2.75) is 68.4 Å². The molecule has 4 rings (SSSR count). The van der Waals surface area contributed by atoms with Crippen molar-refractivity contribution in [2.75, 3.05) is 0 Å². The van der Waals surface area contributed by atoms with Crippen LogP contribution in [0.5, 0.6) is 0 Å². The third kappa shape index (κ3) is 4.50. The first-order valence-electron chi connectivity index (χ1n) is 12.3. The normalized spacial score (nSPS) is 33.3. The molecular weight excluding hydrogens is 530 g/mol. The topological polar surface area (TPSA) is 184 Å². The molecule has 1 aromatic carbocycles. The molecule has 2 bridgehead atoms. The van der Waals surface area contributed by atoms with Gasteiger partial charge in [-0.25, -0.2) is 14.6 Å². The maximum Gasteiger partial charge on any atom is 0.342 e. The summed E-state index contributed by atoms with van der Waals surface area (Å²) in [6, 6.07) is 9.58. The molecule has 5 N–H and O–H groups in total. The van der Waals surface area contributed by atoms with Crippen LogP contribution in [0.2, 0.25) is 0 Å². The number of nitrogens with zero attached hydrogens (tertiary/aromatic N) is 1. The number of aromatic nitrogens is 1. The molecule has 0 unspecified atom stereocenters. The number of aliphatic carboxylic acids is 2. The Hall–Kier alpha value is -3.00. The summed E-state index contributed by atoms with van der Waals surface area (Å²) in [4.78, 5) is 41.5. The minimum atomic E-state index is -3.35. The van der Waals surface area contributed by atoms with Gasteiger partial charge in [0.2, 0.25) is 11.2 Å². The molecule has 1 aromatic heterocycles. The van der Waals surface area contributed by atoms with Crippen LogP contribution in [-0.4, -0.2) is 77.4 Å². The van der Waals surface area contributed by atoms with E-state index in [9.17, 15) is 39.9 Å². The number of fused-ring (bicyclic) bond motifs is 2. The van der Waals surface area contributed by atoms with Crippen LogP contribution in [0.25, 0.3) is 0 Å². The molecule has 210 valence electrons. The van der Waals surface area contributed by atoms with Crippen LogP contribution in [-0.2, 0) is 30.3 Å². The van der Waals surface area contributed by atoms with Crippen molar-refractivity contribution >= 4 is 29.1 Å². The van der Waals surface area contributed by atoms with Crippen LogP contribution in [0.1, 0.15) is 44.1 Å². The summed E-state index contributed by atoms with van der Waals surface area (Å²) in [6.45, 7) is 7.43. The zero-order chi connectivity index (χ0) is 28.8. The number of hydrogen-bond acceptors (Lipinski definition) is 10. The van der Waals surface area contributed by atoms with Gasteiger partial charge in [-0.2, -0.15) is 0 Å². The first-order chi connectivity index (χ1) is 18.3. The SMILES string of the molecule is C=C(CC[C@]12O[C@H](c3cscn3)[C@@](O)(C(=O)O)[C@](C(=O)O)(O1)[C@H](O)[C@H]2O)[C@@H](C(C)=O)[C@H](C)Cc1ccccc1. The number of ketones is 1. The van der Waals surface area contributed by atoms with Crippen molar-refractivity contribution in [1.82, 2.24) is 4.98 Å². The van der Waals surface area contributed by atoms with Gasteiger partial charge in [-0.15, -0.1) is 11.3 Å². The number of aliphatic hydroxyl groups is 3. The number of carbonyl (C=O) groups excluding carboxylic acids is 1. The van der Waals surface area contributed by atoms with Crippen molar-refractivity contribution in [3.63, 3.8) is 0 Å². The molecule has 0 amide bonds. The lowest BCUT2D eigenvalue weighted by Crippen LogP contribution is -2.73. The molecule has 3 heterocycles. The van der Waals surface area contributed by atoms with Crippen molar-refractivity contribution in [2.24, 2.45) is 11.8 Å². The highest BCUT2D eigenvalue weighted by molar-refractivity contribution is 7.07. The molecule has 0 aliphatic carbocycles. The lowest BCUT2D eigenvalue weighted by molar-refractivity contribution is -0.383. The number of hydrogen-bond donors (Lipinski definition) is 5. The molecule has 0 radical (unpaired) electrons. The van der Waals surface area contributed by atoms with Crippen molar-refractivity contribution in [3.05, 3.63) is 64.6 Å². The van der Waals surface area contributed by atoms with E-state index in [1.807, 2.05) is 37.3 Å². The summed E-state index contributed by atoms with van der Waals surface area (Å²) in [5.74, 6) is -7.18. The summed E-state index contributed by atoms with van der Waals surface area (Å²) in [6.07, 6.45) is -6.06. The first kappa shape index (κ1) is 29.0. The number of carbonyl (C=O) groups is 3. The number of allylic oxidation sites excluding steroid dienone is 1. The van der Waals surface area contributed by atoms with E-state index in [0.717, 1.165) is 16.9 Å². The number of aliphatic hydroxyl groups excluding tert-OH is 2. The fraction of sp³-hybridized carbons (Fsp3) is 0.481. The molecule has 12 heteroatoms. The van der Waals surface area contributed by atoms with Gasteiger partial charge >= 0.3 is 11.9 Å². The largest absolute Gasteiger partial charge is 0.479 e. The van der Waals surface area contributed by atoms with Crippen LogP contribution in [0, 0.1) is 11.8 Å². The predicted octanol–water partition coefficient (Wildman–Crippen LogP) is 1.72. The summed E-state index contributed by atoms with van der Waals surface area (Å²) in [5.41, 5.74) is -3.82. The molecule has 0 saturated carbocycles. The van der Waals surface area contributed by atoms with Gasteiger partial charge < -0.3 is 35.0 Å². The number of Topliss-reactive ketones (excluding diaryl/α,β-unsaturated/α-hetero) is 1. The summed E-state index contributed by atoms with van der Waals surface area (Å²) in [5, 5.41) is 54.8. The first-order valence-corrected chi connectivity index (χ1v) is 13.3. The summed E-state index contributed by atoms with van der Waals surface area (Å²) >= 11 is 1.05.